The third kappa shape index (κ3) is 2.64. The first-order valence-corrected chi connectivity index (χ1v) is 5.93. The minimum absolute atomic E-state index is 0.0390. The molecule has 6 nitrogen and oxygen atoms in total. The molecule has 0 aromatic carbocycles. The molecule has 1 N–H and O–H groups in total. The molecule has 1 atom stereocenters. The summed E-state index contributed by atoms with van der Waals surface area (Å²) in [5, 5.41) is 8.61. The molecule has 0 bridgehead atoms. The van der Waals surface area contributed by atoms with Gasteiger partial charge in [-0.15, -0.1) is 0 Å². The summed E-state index contributed by atoms with van der Waals surface area (Å²) in [5.41, 5.74) is -0.0390. The molecule has 100 valence electrons. The maximum atomic E-state index is 11.7. The van der Waals surface area contributed by atoms with Crippen LogP contribution in [-0.4, -0.2) is 54.5 Å². The molecule has 2 fully saturated rings. The highest BCUT2D eigenvalue weighted by Gasteiger charge is 2.57. The predicted octanol–water partition coefficient (Wildman–Crippen LogP) is 0.875. The Bertz CT molecular complexity index is 363. The molecule has 1 saturated heterocycles. The molecule has 1 aliphatic carbocycles. The Balaban J connectivity index is 1.88. The van der Waals surface area contributed by atoms with Crippen LogP contribution in [0.25, 0.3) is 0 Å². The van der Waals surface area contributed by atoms with Crippen molar-refractivity contribution in [2.24, 2.45) is 5.41 Å². The van der Waals surface area contributed by atoms with E-state index in [0.717, 1.165) is 12.8 Å². The Labute approximate surface area is 105 Å². The van der Waals surface area contributed by atoms with Crippen LogP contribution in [0.5, 0.6) is 0 Å². The first-order chi connectivity index (χ1) is 8.57. The fraction of sp³-hybridized carbons (Fsp3) is 0.667. The zero-order valence-corrected chi connectivity index (χ0v) is 10.1. The summed E-state index contributed by atoms with van der Waals surface area (Å²) in [6.45, 7) is 4.34. The lowest BCUT2D eigenvalue weighted by molar-refractivity contribution is -0.145. The molecular formula is C12H17NO5. The fourth-order valence-electron chi connectivity index (χ4n) is 2.34. The number of carbonyl (C=O) groups is 2. The second kappa shape index (κ2) is 4.97. The Morgan fingerprint density at radius 1 is 1.50 bits per heavy atom. The molecule has 0 radical (unpaired) electrons. The molecular weight excluding hydrogens is 238 g/mol. The number of carboxylic acids is 1. The van der Waals surface area contributed by atoms with Gasteiger partial charge in [-0.05, 0) is 12.8 Å². The lowest BCUT2D eigenvalue weighted by Gasteiger charge is -2.15. The van der Waals surface area contributed by atoms with Crippen molar-refractivity contribution in [1.82, 2.24) is 4.90 Å². The van der Waals surface area contributed by atoms with Crippen LogP contribution >= 0.6 is 0 Å². The van der Waals surface area contributed by atoms with Gasteiger partial charge in [-0.2, -0.15) is 0 Å². The van der Waals surface area contributed by atoms with Gasteiger partial charge in [0.05, 0.1) is 12.6 Å². The molecule has 1 unspecified atom stereocenters. The smallest absolute Gasteiger partial charge is 0.410 e. The van der Waals surface area contributed by atoms with Crippen LogP contribution in [0.3, 0.4) is 0 Å². The number of hydrogen-bond acceptors (Lipinski definition) is 4. The van der Waals surface area contributed by atoms with E-state index >= 15 is 0 Å². The number of ether oxygens (including phenoxy) is 2. The quantitative estimate of drug-likeness (QED) is 0.738. The number of carboxylic acid groups (broad SMARTS) is 1. The molecule has 18 heavy (non-hydrogen) atoms. The monoisotopic (exact) mass is 255 g/mol. The third-order valence-corrected chi connectivity index (χ3v) is 3.46. The van der Waals surface area contributed by atoms with E-state index in [9.17, 15) is 9.59 Å². The number of amides is 1. The number of rotatable bonds is 5. The van der Waals surface area contributed by atoms with Gasteiger partial charge in [0.15, 0.2) is 0 Å². The second-order valence-electron chi connectivity index (χ2n) is 4.80. The van der Waals surface area contributed by atoms with Crippen molar-refractivity contribution >= 4 is 12.1 Å². The lowest BCUT2D eigenvalue weighted by Crippen LogP contribution is -2.31. The maximum Gasteiger partial charge on any atom is 0.410 e. The van der Waals surface area contributed by atoms with Crippen LogP contribution in [-0.2, 0) is 14.3 Å². The van der Waals surface area contributed by atoms with Crippen LogP contribution in [0, 0.1) is 5.41 Å². The summed E-state index contributed by atoms with van der Waals surface area (Å²) >= 11 is 0. The van der Waals surface area contributed by atoms with Gasteiger partial charge < -0.3 is 19.5 Å². The fourth-order valence-corrected chi connectivity index (χ4v) is 2.34. The molecule has 1 amide bonds. The number of likely N-dealkylation sites (tertiary alicyclic amines) is 1. The molecule has 6 heteroatoms. The molecule has 2 aliphatic rings. The van der Waals surface area contributed by atoms with Crippen molar-refractivity contribution < 1.29 is 24.2 Å². The average Bonchev–Trinajstić information content (AvgIpc) is 2.99. The van der Waals surface area contributed by atoms with Crippen molar-refractivity contribution in [3.05, 3.63) is 12.7 Å². The van der Waals surface area contributed by atoms with E-state index in [1.807, 2.05) is 0 Å². The Morgan fingerprint density at radius 3 is 2.78 bits per heavy atom. The van der Waals surface area contributed by atoms with E-state index in [4.69, 9.17) is 14.6 Å². The van der Waals surface area contributed by atoms with Crippen molar-refractivity contribution in [3.8, 4) is 0 Å². The zero-order chi connectivity index (χ0) is 13.2. The molecule has 0 aromatic heterocycles. The summed E-state index contributed by atoms with van der Waals surface area (Å²) < 4.78 is 10.3. The summed E-state index contributed by atoms with van der Waals surface area (Å²) in [4.78, 5) is 23.8. The van der Waals surface area contributed by atoms with E-state index in [1.165, 1.54) is 6.08 Å². The average molecular weight is 255 g/mol. The number of hydrogen-bond donors (Lipinski definition) is 1. The molecule has 1 saturated carbocycles. The van der Waals surface area contributed by atoms with Crippen LogP contribution in [0.2, 0.25) is 0 Å². The van der Waals surface area contributed by atoms with E-state index in [1.54, 1.807) is 4.90 Å². The number of carbonyl (C=O) groups excluding carboxylic acids is 1. The summed E-state index contributed by atoms with van der Waals surface area (Å²) in [7, 11) is 0. The predicted molar refractivity (Wildman–Crippen MR) is 62.2 cm³/mol. The van der Waals surface area contributed by atoms with Crippen LogP contribution < -0.4 is 0 Å². The molecule has 1 aliphatic heterocycles. The van der Waals surface area contributed by atoms with E-state index in [-0.39, 0.29) is 30.8 Å². The second-order valence-corrected chi connectivity index (χ2v) is 4.80. The molecule has 2 rings (SSSR count). The van der Waals surface area contributed by atoms with Gasteiger partial charge in [0.2, 0.25) is 0 Å². The Morgan fingerprint density at radius 2 is 2.22 bits per heavy atom. The summed E-state index contributed by atoms with van der Waals surface area (Å²) in [5.74, 6) is -0.988. The lowest BCUT2D eigenvalue weighted by atomic mass is 10.0. The minimum Gasteiger partial charge on any atom is -0.480 e. The standard InChI is InChI=1S/C12H17NO5/c1-2-5-17-11(16)13-6-9(18-7-10(14)15)12(8-13)3-4-12/h2,9H,1,3-8H2,(H,14,15). The van der Waals surface area contributed by atoms with Crippen molar-refractivity contribution in [3.63, 3.8) is 0 Å². The molecule has 1 heterocycles. The normalized spacial score (nSPS) is 24.0. The van der Waals surface area contributed by atoms with Crippen LogP contribution in [0.4, 0.5) is 4.79 Å². The van der Waals surface area contributed by atoms with E-state index in [0.29, 0.717) is 13.1 Å². The highest BCUT2D eigenvalue weighted by atomic mass is 16.6. The summed E-state index contributed by atoms with van der Waals surface area (Å²) in [6, 6.07) is 0. The number of aliphatic carboxylic acids is 1. The minimum atomic E-state index is -0.988. The highest BCUT2D eigenvalue weighted by molar-refractivity contribution is 5.69. The Hall–Kier alpha value is -1.56. The third-order valence-electron chi connectivity index (χ3n) is 3.46. The van der Waals surface area contributed by atoms with Gasteiger partial charge >= 0.3 is 12.1 Å². The number of nitrogens with zero attached hydrogens (tertiary/aromatic N) is 1. The first kappa shape index (κ1) is 12.9. The molecule has 0 aromatic rings. The van der Waals surface area contributed by atoms with E-state index in [2.05, 4.69) is 6.58 Å². The van der Waals surface area contributed by atoms with Crippen LogP contribution in [0.1, 0.15) is 12.8 Å². The van der Waals surface area contributed by atoms with Gasteiger partial charge in [0.1, 0.15) is 13.2 Å². The van der Waals surface area contributed by atoms with E-state index < -0.39 is 5.97 Å². The van der Waals surface area contributed by atoms with Crippen molar-refractivity contribution in [2.75, 3.05) is 26.3 Å². The zero-order valence-electron chi connectivity index (χ0n) is 10.1. The van der Waals surface area contributed by atoms with Crippen LogP contribution in [0.15, 0.2) is 12.7 Å². The largest absolute Gasteiger partial charge is 0.480 e. The summed E-state index contributed by atoms with van der Waals surface area (Å²) in [6.07, 6.45) is 2.89. The maximum absolute atomic E-state index is 11.7. The molecule has 1 spiro atoms. The first-order valence-electron chi connectivity index (χ1n) is 5.93. The van der Waals surface area contributed by atoms with Gasteiger partial charge in [-0.1, -0.05) is 12.7 Å². The van der Waals surface area contributed by atoms with Gasteiger partial charge in [0, 0.05) is 12.0 Å². The van der Waals surface area contributed by atoms with Gasteiger partial charge in [0.25, 0.3) is 0 Å². The van der Waals surface area contributed by atoms with Crippen molar-refractivity contribution in [2.45, 2.75) is 18.9 Å². The van der Waals surface area contributed by atoms with Gasteiger partial charge in [-0.3, -0.25) is 0 Å². The van der Waals surface area contributed by atoms with Crippen molar-refractivity contribution in [1.29, 1.82) is 0 Å². The Kier molecular flexibility index (Phi) is 3.56. The SMILES string of the molecule is C=CCOC(=O)N1CC(OCC(=O)O)C2(CC2)C1. The topological polar surface area (TPSA) is 76.1 Å². The van der Waals surface area contributed by atoms with Gasteiger partial charge in [-0.25, -0.2) is 9.59 Å². The highest BCUT2D eigenvalue weighted by Crippen LogP contribution is 2.54.